The number of likely N-dealkylation sites (N-methyl/N-ethyl adjacent to an activating group) is 1. The van der Waals surface area contributed by atoms with E-state index in [2.05, 4.69) is 66.5 Å². The van der Waals surface area contributed by atoms with Crippen LogP contribution in [0.15, 0.2) is 23.8 Å². The molecule has 0 aliphatic heterocycles. The van der Waals surface area contributed by atoms with Gasteiger partial charge >= 0.3 is 0 Å². The van der Waals surface area contributed by atoms with E-state index in [4.69, 9.17) is 0 Å². The van der Waals surface area contributed by atoms with Crippen LogP contribution in [0.5, 0.6) is 0 Å². The lowest BCUT2D eigenvalue weighted by atomic mass is 10.1. The van der Waals surface area contributed by atoms with Crippen molar-refractivity contribution in [2.75, 3.05) is 26.0 Å². The highest BCUT2D eigenvalue weighted by Gasteiger charge is 2.17. The first kappa shape index (κ1) is 15.9. The van der Waals surface area contributed by atoms with Gasteiger partial charge in [0.1, 0.15) is 12.1 Å². The first-order valence-electron chi connectivity index (χ1n) is 7.25. The Balaban J connectivity index is 2.09. The molecule has 2 aromatic heterocycles. The zero-order valence-corrected chi connectivity index (χ0v) is 14.2. The summed E-state index contributed by atoms with van der Waals surface area (Å²) < 4.78 is 0. The molecule has 0 fully saturated rings. The Hall–Kier alpha value is -1.46. The lowest BCUT2D eigenvalue weighted by Gasteiger charge is -2.25. The molecular formula is C16H24N4S. The second-order valence-corrected chi connectivity index (χ2v) is 6.76. The Labute approximate surface area is 131 Å². The first-order chi connectivity index (χ1) is 9.99. The number of aryl methyl sites for hydroxylation is 1. The van der Waals surface area contributed by atoms with Gasteiger partial charge in [0, 0.05) is 23.2 Å². The summed E-state index contributed by atoms with van der Waals surface area (Å²) in [5, 5.41) is 5.61. The number of hydrogen-bond acceptors (Lipinski definition) is 5. The maximum atomic E-state index is 4.32. The quantitative estimate of drug-likeness (QED) is 0.884. The fourth-order valence-corrected chi connectivity index (χ4v) is 3.35. The third kappa shape index (κ3) is 4.02. The monoisotopic (exact) mass is 304 g/mol. The number of hydrogen-bond donors (Lipinski definition) is 1. The van der Waals surface area contributed by atoms with Gasteiger partial charge in [0.15, 0.2) is 0 Å². The van der Waals surface area contributed by atoms with Crippen LogP contribution in [0.4, 0.5) is 5.82 Å². The minimum absolute atomic E-state index is 0.350. The fourth-order valence-electron chi connectivity index (χ4n) is 2.22. The zero-order chi connectivity index (χ0) is 15.4. The van der Waals surface area contributed by atoms with Crippen LogP contribution in [-0.2, 0) is 0 Å². The highest BCUT2D eigenvalue weighted by molar-refractivity contribution is 7.10. The van der Waals surface area contributed by atoms with Gasteiger partial charge in [-0.05, 0) is 43.9 Å². The molecule has 0 aromatic carbocycles. The van der Waals surface area contributed by atoms with Gasteiger partial charge in [0.25, 0.3) is 0 Å². The fraction of sp³-hybridized carbons (Fsp3) is 0.500. The van der Waals surface area contributed by atoms with Crippen LogP contribution in [0.1, 0.15) is 41.9 Å². The summed E-state index contributed by atoms with van der Waals surface area (Å²) in [7, 11) is 4.23. The third-order valence-electron chi connectivity index (χ3n) is 3.58. The Bertz CT molecular complexity index is 577. The van der Waals surface area contributed by atoms with E-state index in [0.717, 1.165) is 18.1 Å². The van der Waals surface area contributed by atoms with Crippen molar-refractivity contribution in [2.45, 2.75) is 32.7 Å². The van der Waals surface area contributed by atoms with Crippen LogP contribution in [0, 0.1) is 6.92 Å². The predicted molar refractivity (Wildman–Crippen MR) is 90.1 cm³/mol. The summed E-state index contributed by atoms with van der Waals surface area (Å²) in [5.74, 6) is 1.31. The Morgan fingerprint density at radius 3 is 2.62 bits per heavy atom. The number of thiophene rings is 1. The SMILES string of the molecule is Cc1ccsc1C(CNc1cc(C(C)C)ncn1)N(C)C. The second-order valence-electron chi connectivity index (χ2n) is 5.81. The van der Waals surface area contributed by atoms with E-state index in [1.165, 1.54) is 10.4 Å². The molecule has 114 valence electrons. The average Bonchev–Trinajstić information content (AvgIpc) is 2.85. The predicted octanol–water partition coefficient (Wildman–Crippen LogP) is 3.68. The topological polar surface area (TPSA) is 41.1 Å². The number of anilines is 1. The molecule has 0 bridgehead atoms. The van der Waals surface area contributed by atoms with E-state index in [9.17, 15) is 0 Å². The summed E-state index contributed by atoms with van der Waals surface area (Å²) in [6.07, 6.45) is 1.64. The summed E-state index contributed by atoms with van der Waals surface area (Å²) in [4.78, 5) is 12.3. The highest BCUT2D eigenvalue weighted by atomic mass is 32.1. The third-order valence-corrected chi connectivity index (χ3v) is 4.70. The molecule has 1 N–H and O–H groups in total. The van der Waals surface area contributed by atoms with Crippen molar-refractivity contribution >= 4 is 17.2 Å². The Kier molecular flexibility index (Phi) is 5.31. The van der Waals surface area contributed by atoms with E-state index in [1.807, 2.05) is 17.4 Å². The van der Waals surface area contributed by atoms with Crippen LogP contribution >= 0.6 is 11.3 Å². The highest BCUT2D eigenvalue weighted by Crippen LogP contribution is 2.27. The number of nitrogens with zero attached hydrogens (tertiary/aromatic N) is 3. The van der Waals surface area contributed by atoms with Gasteiger partial charge in [-0.2, -0.15) is 0 Å². The maximum absolute atomic E-state index is 4.32. The number of aromatic nitrogens is 2. The molecule has 0 amide bonds. The van der Waals surface area contributed by atoms with Gasteiger partial charge in [0.05, 0.1) is 6.04 Å². The van der Waals surface area contributed by atoms with Crippen LogP contribution in [-0.4, -0.2) is 35.5 Å². The smallest absolute Gasteiger partial charge is 0.129 e. The molecule has 0 saturated heterocycles. The molecule has 1 unspecified atom stereocenters. The van der Waals surface area contributed by atoms with E-state index < -0.39 is 0 Å². The van der Waals surface area contributed by atoms with Gasteiger partial charge in [-0.15, -0.1) is 11.3 Å². The van der Waals surface area contributed by atoms with Gasteiger partial charge in [-0.25, -0.2) is 9.97 Å². The van der Waals surface area contributed by atoms with Gasteiger partial charge in [0.2, 0.25) is 0 Å². The Morgan fingerprint density at radius 1 is 1.29 bits per heavy atom. The average molecular weight is 304 g/mol. The summed E-state index contributed by atoms with van der Waals surface area (Å²) in [6.45, 7) is 7.29. The molecule has 0 saturated carbocycles. The normalized spacial score (nSPS) is 12.9. The molecule has 0 radical (unpaired) electrons. The molecule has 0 aliphatic carbocycles. The first-order valence-corrected chi connectivity index (χ1v) is 8.13. The Morgan fingerprint density at radius 2 is 2.05 bits per heavy atom. The molecule has 2 heterocycles. The van der Waals surface area contributed by atoms with Crippen LogP contribution in [0.2, 0.25) is 0 Å². The van der Waals surface area contributed by atoms with Crippen molar-refractivity contribution in [2.24, 2.45) is 0 Å². The minimum atomic E-state index is 0.350. The van der Waals surface area contributed by atoms with E-state index in [-0.39, 0.29) is 0 Å². The minimum Gasteiger partial charge on any atom is -0.368 e. The van der Waals surface area contributed by atoms with Crippen molar-refractivity contribution in [1.29, 1.82) is 0 Å². The molecule has 2 aromatic rings. The maximum Gasteiger partial charge on any atom is 0.129 e. The van der Waals surface area contributed by atoms with Crippen LogP contribution < -0.4 is 5.32 Å². The summed E-state index contributed by atoms with van der Waals surface area (Å²) in [6, 6.07) is 4.57. The lowest BCUT2D eigenvalue weighted by Crippen LogP contribution is -2.27. The largest absolute Gasteiger partial charge is 0.368 e. The molecule has 4 nitrogen and oxygen atoms in total. The molecule has 21 heavy (non-hydrogen) atoms. The second kappa shape index (κ2) is 7.00. The molecule has 0 aliphatic rings. The van der Waals surface area contributed by atoms with Crippen LogP contribution in [0.25, 0.3) is 0 Å². The zero-order valence-electron chi connectivity index (χ0n) is 13.4. The lowest BCUT2D eigenvalue weighted by molar-refractivity contribution is 0.315. The van der Waals surface area contributed by atoms with Crippen LogP contribution in [0.3, 0.4) is 0 Å². The molecule has 5 heteroatoms. The van der Waals surface area contributed by atoms with Gasteiger partial charge in [-0.3, -0.25) is 0 Å². The molecule has 0 spiro atoms. The molecular weight excluding hydrogens is 280 g/mol. The van der Waals surface area contributed by atoms with E-state index in [1.54, 1.807) is 6.33 Å². The van der Waals surface area contributed by atoms with Crippen molar-refractivity contribution in [3.05, 3.63) is 40.0 Å². The van der Waals surface area contributed by atoms with Crippen molar-refractivity contribution < 1.29 is 0 Å². The molecule has 1 atom stereocenters. The summed E-state index contributed by atoms with van der Waals surface area (Å²) >= 11 is 1.81. The summed E-state index contributed by atoms with van der Waals surface area (Å²) in [5.41, 5.74) is 2.42. The van der Waals surface area contributed by atoms with E-state index in [0.29, 0.717) is 12.0 Å². The van der Waals surface area contributed by atoms with Gasteiger partial charge in [-0.1, -0.05) is 13.8 Å². The molecule has 2 rings (SSSR count). The van der Waals surface area contributed by atoms with E-state index >= 15 is 0 Å². The van der Waals surface area contributed by atoms with Crippen molar-refractivity contribution in [3.8, 4) is 0 Å². The number of rotatable bonds is 6. The standard InChI is InChI=1S/C16H24N4S/c1-11(2)13-8-15(19-10-18-13)17-9-14(20(4)5)16-12(3)6-7-21-16/h6-8,10-11,14H,9H2,1-5H3,(H,17,18,19). The van der Waals surface area contributed by atoms with Crippen molar-refractivity contribution in [1.82, 2.24) is 14.9 Å². The van der Waals surface area contributed by atoms with Crippen molar-refractivity contribution in [3.63, 3.8) is 0 Å². The number of nitrogens with one attached hydrogen (secondary N) is 1. The van der Waals surface area contributed by atoms with Gasteiger partial charge < -0.3 is 10.2 Å².